The quantitative estimate of drug-likeness (QED) is 0.792. The van der Waals surface area contributed by atoms with Gasteiger partial charge in [0.2, 0.25) is 5.91 Å². The Hall–Kier alpha value is -2.68. The summed E-state index contributed by atoms with van der Waals surface area (Å²) in [6.07, 6.45) is 0.372. The molecule has 1 amide bonds. The van der Waals surface area contributed by atoms with Gasteiger partial charge in [-0.15, -0.1) is 0 Å². The van der Waals surface area contributed by atoms with Crippen molar-refractivity contribution in [2.75, 3.05) is 5.32 Å². The first-order valence-electron chi connectivity index (χ1n) is 6.92. The lowest BCUT2D eigenvalue weighted by molar-refractivity contribution is -0.115. The van der Waals surface area contributed by atoms with Crippen molar-refractivity contribution < 1.29 is 4.79 Å². The van der Waals surface area contributed by atoms with Crippen molar-refractivity contribution in [3.05, 3.63) is 71.9 Å². The van der Waals surface area contributed by atoms with Crippen molar-refractivity contribution in [2.24, 2.45) is 0 Å². The van der Waals surface area contributed by atoms with E-state index in [1.807, 2.05) is 67.6 Å². The Morgan fingerprint density at radius 1 is 1.00 bits per heavy atom. The average molecular weight is 276 g/mol. The number of hydrogen-bond acceptors (Lipinski definition) is 2. The molecular weight excluding hydrogens is 260 g/mol. The van der Waals surface area contributed by atoms with Crippen molar-refractivity contribution in [3.8, 4) is 0 Å². The van der Waals surface area contributed by atoms with Crippen molar-refractivity contribution >= 4 is 22.5 Å². The van der Waals surface area contributed by atoms with Crippen molar-refractivity contribution in [1.82, 2.24) is 4.98 Å². The van der Waals surface area contributed by atoms with Crippen LogP contribution in [0.1, 0.15) is 11.3 Å². The SMILES string of the molecule is Cc1ccc2c(NC(=O)Cc3ccccc3)cccc2n1. The van der Waals surface area contributed by atoms with Gasteiger partial charge in [-0.05, 0) is 36.8 Å². The number of carbonyl (C=O) groups is 1. The largest absolute Gasteiger partial charge is 0.325 e. The van der Waals surface area contributed by atoms with Crippen LogP contribution >= 0.6 is 0 Å². The van der Waals surface area contributed by atoms with Crippen LogP contribution in [0.15, 0.2) is 60.7 Å². The second-order valence-electron chi connectivity index (χ2n) is 5.04. The van der Waals surface area contributed by atoms with Gasteiger partial charge in [-0.2, -0.15) is 0 Å². The van der Waals surface area contributed by atoms with Crippen LogP contribution in [0.25, 0.3) is 10.9 Å². The predicted molar refractivity (Wildman–Crippen MR) is 85.3 cm³/mol. The van der Waals surface area contributed by atoms with E-state index in [9.17, 15) is 4.79 Å². The van der Waals surface area contributed by atoms with Gasteiger partial charge in [0.05, 0.1) is 17.6 Å². The number of nitrogens with one attached hydrogen (secondary N) is 1. The summed E-state index contributed by atoms with van der Waals surface area (Å²) in [4.78, 5) is 16.6. The number of rotatable bonds is 3. The molecule has 3 heteroatoms. The van der Waals surface area contributed by atoms with Crippen LogP contribution in [0.4, 0.5) is 5.69 Å². The van der Waals surface area contributed by atoms with E-state index in [1.165, 1.54) is 0 Å². The molecule has 1 aromatic heterocycles. The molecule has 1 N–H and O–H groups in total. The number of carbonyl (C=O) groups excluding carboxylic acids is 1. The zero-order chi connectivity index (χ0) is 14.7. The third-order valence-corrected chi connectivity index (χ3v) is 3.35. The normalized spacial score (nSPS) is 10.5. The molecule has 104 valence electrons. The van der Waals surface area contributed by atoms with E-state index in [0.29, 0.717) is 6.42 Å². The molecule has 3 nitrogen and oxygen atoms in total. The number of fused-ring (bicyclic) bond motifs is 1. The molecule has 1 heterocycles. The number of amides is 1. The molecule has 3 rings (SSSR count). The molecule has 0 saturated heterocycles. The summed E-state index contributed by atoms with van der Waals surface area (Å²) >= 11 is 0. The summed E-state index contributed by atoms with van der Waals surface area (Å²) in [5.74, 6) is -0.0192. The second kappa shape index (κ2) is 5.75. The number of nitrogens with zero attached hydrogens (tertiary/aromatic N) is 1. The van der Waals surface area contributed by atoms with Crippen molar-refractivity contribution in [1.29, 1.82) is 0 Å². The maximum Gasteiger partial charge on any atom is 0.228 e. The van der Waals surface area contributed by atoms with Gasteiger partial charge in [0.25, 0.3) is 0 Å². The third-order valence-electron chi connectivity index (χ3n) is 3.35. The molecule has 0 aliphatic carbocycles. The van der Waals surface area contributed by atoms with E-state index in [2.05, 4.69) is 10.3 Å². The van der Waals surface area contributed by atoms with Gasteiger partial charge >= 0.3 is 0 Å². The third kappa shape index (κ3) is 3.08. The van der Waals surface area contributed by atoms with Gasteiger partial charge in [-0.25, -0.2) is 0 Å². The van der Waals surface area contributed by atoms with E-state index in [-0.39, 0.29) is 5.91 Å². The summed E-state index contributed by atoms with van der Waals surface area (Å²) in [5, 5.41) is 3.94. The van der Waals surface area contributed by atoms with Crippen molar-refractivity contribution in [3.63, 3.8) is 0 Å². The van der Waals surface area contributed by atoms with Crippen molar-refractivity contribution in [2.45, 2.75) is 13.3 Å². The minimum Gasteiger partial charge on any atom is -0.325 e. The van der Waals surface area contributed by atoms with E-state index >= 15 is 0 Å². The molecule has 21 heavy (non-hydrogen) atoms. The van der Waals surface area contributed by atoms with Crippen LogP contribution in [0.2, 0.25) is 0 Å². The standard InChI is InChI=1S/C18H16N2O/c1-13-10-11-15-16(19-13)8-5-9-17(15)20-18(21)12-14-6-3-2-4-7-14/h2-11H,12H2,1H3,(H,20,21). The lowest BCUT2D eigenvalue weighted by atomic mass is 10.1. The zero-order valence-corrected chi connectivity index (χ0v) is 11.8. The van der Waals surface area contributed by atoms with Gasteiger partial charge < -0.3 is 5.32 Å². The Morgan fingerprint density at radius 3 is 2.62 bits per heavy atom. The van der Waals surface area contributed by atoms with Crippen LogP contribution in [0.5, 0.6) is 0 Å². The fourth-order valence-electron chi connectivity index (χ4n) is 2.34. The minimum absolute atomic E-state index is 0.0192. The molecule has 0 fully saturated rings. The van der Waals surface area contributed by atoms with E-state index in [0.717, 1.165) is 27.8 Å². The molecular formula is C18H16N2O. The lowest BCUT2D eigenvalue weighted by Gasteiger charge is -2.09. The molecule has 0 saturated carbocycles. The second-order valence-corrected chi connectivity index (χ2v) is 5.04. The predicted octanol–water partition coefficient (Wildman–Crippen LogP) is 3.72. The monoisotopic (exact) mass is 276 g/mol. The van der Waals surface area contributed by atoms with Gasteiger partial charge in [-0.1, -0.05) is 36.4 Å². The highest BCUT2D eigenvalue weighted by Crippen LogP contribution is 2.22. The molecule has 0 radical (unpaired) electrons. The highest BCUT2D eigenvalue weighted by molar-refractivity contribution is 6.01. The van der Waals surface area contributed by atoms with Gasteiger partial charge in [0.15, 0.2) is 0 Å². The summed E-state index contributed by atoms with van der Waals surface area (Å²) in [5.41, 5.74) is 3.67. The van der Waals surface area contributed by atoms with Crippen LogP contribution in [0, 0.1) is 6.92 Å². The molecule has 0 unspecified atom stereocenters. The Bertz CT molecular complexity index is 782. The van der Waals surface area contributed by atoms with Crippen LogP contribution in [-0.2, 0) is 11.2 Å². The van der Waals surface area contributed by atoms with E-state index in [4.69, 9.17) is 0 Å². The molecule has 0 spiro atoms. The highest BCUT2D eigenvalue weighted by Gasteiger charge is 2.07. The number of aromatic nitrogens is 1. The summed E-state index contributed by atoms with van der Waals surface area (Å²) in [7, 11) is 0. The fourth-order valence-corrected chi connectivity index (χ4v) is 2.34. The topological polar surface area (TPSA) is 42.0 Å². The maximum absolute atomic E-state index is 12.2. The molecule has 0 bridgehead atoms. The Labute approximate surface area is 123 Å². The van der Waals surface area contributed by atoms with Crippen LogP contribution < -0.4 is 5.32 Å². The number of hydrogen-bond donors (Lipinski definition) is 1. The minimum atomic E-state index is -0.0192. The number of aryl methyl sites for hydroxylation is 1. The van der Waals surface area contributed by atoms with Gasteiger partial charge in [0.1, 0.15) is 0 Å². The first kappa shape index (κ1) is 13.3. The first-order valence-corrected chi connectivity index (χ1v) is 6.92. The maximum atomic E-state index is 12.2. The summed E-state index contributed by atoms with van der Waals surface area (Å²) in [6, 6.07) is 19.4. The van der Waals surface area contributed by atoms with Crippen LogP contribution in [-0.4, -0.2) is 10.9 Å². The fraction of sp³-hybridized carbons (Fsp3) is 0.111. The summed E-state index contributed by atoms with van der Waals surface area (Å²) < 4.78 is 0. The lowest BCUT2D eigenvalue weighted by Crippen LogP contribution is -2.14. The Kier molecular flexibility index (Phi) is 3.65. The molecule has 0 aliphatic rings. The molecule has 3 aromatic rings. The number of anilines is 1. The average Bonchev–Trinajstić information content (AvgIpc) is 2.48. The highest BCUT2D eigenvalue weighted by atomic mass is 16.1. The van der Waals surface area contributed by atoms with Gasteiger partial charge in [-0.3, -0.25) is 9.78 Å². The van der Waals surface area contributed by atoms with E-state index in [1.54, 1.807) is 0 Å². The number of pyridine rings is 1. The van der Waals surface area contributed by atoms with Gasteiger partial charge in [0, 0.05) is 11.1 Å². The zero-order valence-electron chi connectivity index (χ0n) is 11.8. The van der Waals surface area contributed by atoms with E-state index < -0.39 is 0 Å². The Morgan fingerprint density at radius 2 is 1.81 bits per heavy atom. The smallest absolute Gasteiger partial charge is 0.228 e. The van der Waals surface area contributed by atoms with Crippen LogP contribution in [0.3, 0.4) is 0 Å². The molecule has 0 aliphatic heterocycles. The Balaban J connectivity index is 1.83. The first-order chi connectivity index (χ1) is 10.2. The number of benzene rings is 2. The molecule has 2 aromatic carbocycles. The molecule has 0 atom stereocenters. The summed E-state index contributed by atoms with van der Waals surface area (Å²) in [6.45, 7) is 1.96.